The van der Waals surface area contributed by atoms with Crippen molar-refractivity contribution in [1.82, 2.24) is 15.6 Å². The lowest BCUT2D eigenvalue weighted by Crippen LogP contribution is -2.48. The number of nitrogens with zero attached hydrogens (tertiary/aromatic N) is 2. The Morgan fingerprint density at radius 3 is 2.74 bits per heavy atom. The number of nitrogens with one attached hydrogen (secondary N) is 2. The number of carbonyl (C=O) groups excluding carboxylic acids is 2. The molecular weight excluding hydrogens is 360 g/mol. The maximum absolute atomic E-state index is 12.2. The second kappa shape index (κ2) is 11.5. The molecule has 1 atom stereocenters. The number of pyridine rings is 1. The Morgan fingerprint density at radius 2 is 2.04 bits per heavy atom. The molecule has 1 heterocycles. The largest absolute Gasteiger partial charge is 0.341 e. The topological polar surface area (TPSA) is 94.9 Å². The fourth-order valence-electron chi connectivity index (χ4n) is 2.17. The summed E-state index contributed by atoms with van der Waals surface area (Å²) in [5, 5.41) is 13.8. The van der Waals surface area contributed by atoms with E-state index in [0.717, 1.165) is 16.9 Å². The average molecular weight is 380 g/mol. The Bertz CT molecular complexity index is 804. The molecule has 0 aliphatic heterocycles. The molecule has 2 N–H and O–H groups in total. The first-order valence-corrected chi connectivity index (χ1v) is 9.49. The quantitative estimate of drug-likeness (QED) is 0.513. The van der Waals surface area contributed by atoms with Crippen LogP contribution in [-0.2, 0) is 15.3 Å². The number of benzene rings is 1. The number of aromatic nitrogens is 1. The van der Waals surface area contributed by atoms with E-state index in [1.807, 2.05) is 42.5 Å². The molecule has 1 aromatic carbocycles. The van der Waals surface area contributed by atoms with Crippen LogP contribution in [0.2, 0.25) is 0 Å². The Morgan fingerprint density at radius 1 is 1.22 bits per heavy atom. The van der Waals surface area contributed by atoms with Gasteiger partial charge >= 0.3 is 0 Å². The highest BCUT2D eigenvalue weighted by molar-refractivity contribution is 7.98. The minimum Gasteiger partial charge on any atom is -0.341 e. The highest BCUT2D eigenvalue weighted by atomic mass is 32.2. The van der Waals surface area contributed by atoms with Crippen molar-refractivity contribution >= 4 is 29.7 Å². The molecule has 0 unspecified atom stereocenters. The molecule has 2 rings (SSSR count). The SMILES string of the molecule is N#CCNC(=O)[C@H](CSCc1ccccc1)NC(=O)/C=C/c1cccnc1. The van der Waals surface area contributed by atoms with Crippen LogP contribution < -0.4 is 10.6 Å². The van der Waals surface area contributed by atoms with Crippen LogP contribution in [0, 0.1) is 11.3 Å². The molecule has 1 aromatic heterocycles. The summed E-state index contributed by atoms with van der Waals surface area (Å²) in [7, 11) is 0. The van der Waals surface area contributed by atoms with E-state index in [0.29, 0.717) is 5.75 Å². The summed E-state index contributed by atoms with van der Waals surface area (Å²) >= 11 is 1.54. The second-order valence-electron chi connectivity index (χ2n) is 5.56. The zero-order valence-corrected chi connectivity index (χ0v) is 15.5. The summed E-state index contributed by atoms with van der Waals surface area (Å²) in [6.07, 6.45) is 6.28. The van der Waals surface area contributed by atoms with Gasteiger partial charge in [0.2, 0.25) is 11.8 Å². The van der Waals surface area contributed by atoms with Gasteiger partial charge in [0.05, 0.1) is 6.07 Å². The van der Waals surface area contributed by atoms with Crippen LogP contribution in [0.25, 0.3) is 6.08 Å². The Kier molecular flexibility index (Phi) is 8.60. The zero-order valence-electron chi connectivity index (χ0n) is 14.7. The summed E-state index contributed by atoms with van der Waals surface area (Å²) in [5.74, 6) is 0.375. The van der Waals surface area contributed by atoms with Crippen molar-refractivity contribution in [2.75, 3.05) is 12.3 Å². The minimum atomic E-state index is -0.724. The Balaban J connectivity index is 1.92. The summed E-state index contributed by atoms with van der Waals surface area (Å²) in [4.78, 5) is 28.4. The summed E-state index contributed by atoms with van der Waals surface area (Å²) < 4.78 is 0. The highest BCUT2D eigenvalue weighted by Crippen LogP contribution is 2.13. The number of hydrogen-bond donors (Lipinski definition) is 2. The van der Waals surface area contributed by atoms with Gasteiger partial charge in [-0.2, -0.15) is 17.0 Å². The van der Waals surface area contributed by atoms with Gasteiger partial charge in [-0.15, -0.1) is 0 Å². The number of amides is 2. The van der Waals surface area contributed by atoms with Gasteiger partial charge in [0.15, 0.2) is 0 Å². The maximum atomic E-state index is 12.2. The molecule has 2 amide bonds. The molecule has 0 aliphatic carbocycles. The van der Waals surface area contributed by atoms with Crippen molar-refractivity contribution in [2.24, 2.45) is 0 Å². The van der Waals surface area contributed by atoms with Gasteiger partial charge in [0.1, 0.15) is 12.6 Å². The molecule has 0 fully saturated rings. The van der Waals surface area contributed by atoms with Crippen LogP contribution in [-0.4, -0.2) is 35.1 Å². The van der Waals surface area contributed by atoms with Crippen LogP contribution in [0.1, 0.15) is 11.1 Å². The lowest BCUT2D eigenvalue weighted by molar-refractivity contribution is -0.126. The third kappa shape index (κ3) is 7.75. The minimum absolute atomic E-state index is 0.0971. The standard InChI is InChI=1S/C20H20N4O2S/c21-10-12-23-20(26)18(15-27-14-17-5-2-1-3-6-17)24-19(25)9-8-16-7-4-11-22-13-16/h1-9,11,13,18H,12,14-15H2,(H,23,26)(H,24,25)/b9-8+/t18-/m0/s1. The van der Waals surface area contributed by atoms with E-state index in [1.54, 1.807) is 36.3 Å². The molecule has 0 saturated heterocycles. The van der Waals surface area contributed by atoms with Crippen LogP contribution in [0.3, 0.4) is 0 Å². The van der Waals surface area contributed by atoms with Gasteiger partial charge in [-0.05, 0) is 23.3 Å². The summed E-state index contributed by atoms with van der Waals surface area (Å²) in [6, 6.07) is 14.6. The van der Waals surface area contributed by atoms with E-state index in [9.17, 15) is 9.59 Å². The predicted molar refractivity (Wildman–Crippen MR) is 106 cm³/mol. The number of hydrogen-bond acceptors (Lipinski definition) is 5. The van der Waals surface area contributed by atoms with Gasteiger partial charge in [0.25, 0.3) is 0 Å². The molecule has 138 valence electrons. The van der Waals surface area contributed by atoms with E-state index in [4.69, 9.17) is 5.26 Å². The highest BCUT2D eigenvalue weighted by Gasteiger charge is 2.19. The van der Waals surface area contributed by atoms with Gasteiger partial charge in [-0.1, -0.05) is 36.4 Å². The number of thioether (sulfide) groups is 1. The van der Waals surface area contributed by atoms with Crippen molar-refractivity contribution in [3.8, 4) is 6.07 Å². The van der Waals surface area contributed by atoms with Crippen LogP contribution in [0.5, 0.6) is 0 Å². The lowest BCUT2D eigenvalue weighted by Gasteiger charge is -2.16. The molecule has 6 nitrogen and oxygen atoms in total. The van der Waals surface area contributed by atoms with Gasteiger partial charge in [-0.3, -0.25) is 14.6 Å². The summed E-state index contributed by atoms with van der Waals surface area (Å²) in [6.45, 7) is -0.0971. The number of nitriles is 1. The first kappa shape index (κ1) is 20.2. The molecule has 0 spiro atoms. The third-order valence-corrected chi connectivity index (χ3v) is 4.59. The molecule has 27 heavy (non-hydrogen) atoms. The maximum Gasteiger partial charge on any atom is 0.244 e. The van der Waals surface area contributed by atoms with Crippen molar-refractivity contribution in [1.29, 1.82) is 5.26 Å². The Hall–Kier alpha value is -3.11. The van der Waals surface area contributed by atoms with Crippen molar-refractivity contribution < 1.29 is 9.59 Å². The van der Waals surface area contributed by atoms with Crippen LogP contribution >= 0.6 is 11.8 Å². The molecular formula is C20H20N4O2S. The number of carbonyl (C=O) groups is 2. The second-order valence-corrected chi connectivity index (χ2v) is 6.59. The van der Waals surface area contributed by atoms with Crippen molar-refractivity contribution in [3.05, 3.63) is 72.1 Å². The van der Waals surface area contributed by atoms with E-state index in [-0.39, 0.29) is 18.4 Å². The fourth-order valence-corrected chi connectivity index (χ4v) is 3.18. The lowest BCUT2D eigenvalue weighted by atomic mass is 10.2. The zero-order chi connectivity index (χ0) is 19.3. The molecule has 0 aliphatic rings. The fraction of sp³-hybridized carbons (Fsp3) is 0.200. The monoisotopic (exact) mass is 380 g/mol. The van der Waals surface area contributed by atoms with E-state index >= 15 is 0 Å². The van der Waals surface area contributed by atoms with Gasteiger partial charge in [-0.25, -0.2) is 0 Å². The van der Waals surface area contributed by atoms with Gasteiger partial charge < -0.3 is 10.6 Å². The number of rotatable bonds is 9. The molecule has 7 heteroatoms. The summed E-state index contributed by atoms with van der Waals surface area (Å²) in [5.41, 5.74) is 1.93. The Labute approximate surface area is 162 Å². The van der Waals surface area contributed by atoms with Crippen molar-refractivity contribution in [3.63, 3.8) is 0 Å². The van der Waals surface area contributed by atoms with Crippen LogP contribution in [0.4, 0.5) is 0 Å². The molecule has 2 aromatic rings. The van der Waals surface area contributed by atoms with Gasteiger partial charge in [0, 0.05) is 30.0 Å². The molecule has 0 radical (unpaired) electrons. The average Bonchev–Trinajstić information content (AvgIpc) is 2.71. The smallest absolute Gasteiger partial charge is 0.244 e. The molecule has 0 bridgehead atoms. The molecule has 0 saturated carbocycles. The first-order valence-electron chi connectivity index (χ1n) is 8.34. The van der Waals surface area contributed by atoms with Crippen LogP contribution in [0.15, 0.2) is 60.9 Å². The first-order chi connectivity index (χ1) is 13.2. The van der Waals surface area contributed by atoms with E-state index in [2.05, 4.69) is 15.6 Å². The van der Waals surface area contributed by atoms with Crippen molar-refractivity contribution in [2.45, 2.75) is 11.8 Å². The normalized spacial score (nSPS) is 11.5. The third-order valence-electron chi connectivity index (χ3n) is 3.48. The van der Waals surface area contributed by atoms with E-state index < -0.39 is 6.04 Å². The predicted octanol–water partition coefficient (Wildman–Crippen LogP) is 2.15. The van der Waals surface area contributed by atoms with E-state index in [1.165, 1.54) is 6.08 Å².